The van der Waals surface area contributed by atoms with Crippen LogP contribution in [0.3, 0.4) is 0 Å². The van der Waals surface area contributed by atoms with Gasteiger partial charge in [0.1, 0.15) is 6.33 Å². The zero-order valence-corrected chi connectivity index (χ0v) is 10.6. The van der Waals surface area contributed by atoms with Crippen LogP contribution in [0.2, 0.25) is 0 Å². The number of aryl methyl sites for hydroxylation is 1. The van der Waals surface area contributed by atoms with Crippen molar-refractivity contribution in [3.8, 4) is 5.88 Å². The molecule has 0 unspecified atom stereocenters. The maximum atomic E-state index is 5.93. The fourth-order valence-electron chi connectivity index (χ4n) is 1.97. The lowest BCUT2D eigenvalue weighted by atomic mass is 10.3. The zero-order chi connectivity index (χ0) is 13.4. The summed E-state index contributed by atoms with van der Waals surface area (Å²) in [5, 5.41) is 4.13. The van der Waals surface area contributed by atoms with Gasteiger partial charge in [-0.1, -0.05) is 0 Å². The maximum absolute atomic E-state index is 5.93. The molecule has 0 aliphatic carbocycles. The topological polar surface area (TPSA) is 96.7 Å². The predicted octanol–water partition coefficient (Wildman–Crippen LogP) is 0.199. The normalized spacial score (nSPS) is 11.1. The Kier molecular flexibility index (Phi) is 2.55. The highest BCUT2D eigenvalue weighted by molar-refractivity contribution is 5.79. The molecule has 3 rings (SSSR count). The van der Waals surface area contributed by atoms with E-state index < -0.39 is 0 Å². The molecule has 0 aromatic carbocycles. The van der Waals surface area contributed by atoms with Crippen molar-refractivity contribution in [2.75, 3.05) is 12.8 Å². The average molecular weight is 259 g/mol. The van der Waals surface area contributed by atoms with Crippen LogP contribution in [0.15, 0.2) is 18.7 Å². The van der Waals surface area contributed by atoms with Crippen molar-refractivity contribution in [1.29, 1.82) is 0 Å². The van der Waals surface area contributed by atoms with E-state index in [-0.39, 0.29) is 0 Å². The van der Waals surface area contributed by atoms with Gasteiger partial charge in [0.15, 0.2) is 11.2 Å². The molecule has 0 saturated heterocycles. The molecule has 2 N–H and O–H groups in total. The number of nitrogens with zero attached hydrogens (tertiary/aromatic N) is 6. The number of hydrogen-bond donors (Lipinski definition) is 1. The van der Waals surface area contributed by atoms with E-state index in [0.29, 0.717) is 29.5 Å². The summed E-state index contributed by atoms with van der Waals surface area (Å²) in [7, 11) is 3.40. The van der Waals surface area contributed by atoms with Crippen LogP contribution in [0.25, 0.3) is 11.2 Å². The third-order valence-electron chi connectivity index (χ3n) is 2.82. The van der Waals surface area contributed by atoms with Gasteiger partial charge in [-0.05, 0) is 0 Å². The molecule has 0 atom stereocenters. The van der Waals surface area contributed by atoms with Gasteiger partial charge in [0.2, 0.25) is 11.8 Å². The Hall–Kier alpha value is -2.64. The van der Waals surface area contributed by atoms with Crippen LogP contribution < -0.4 is 10.5 Å². The summed E-state index contributed by atoms with van der Waals surface area (Å²) < 4.78 is 8.69. The number of methoxy groups -OCH3 is 1. The molecule has 3 aromatic rings. The molecule has 0 saturated carbocycles. The average Bonchev–Trinajstić information content (AvgIpc) is 2.94. The molecule has 0 bridgehead atoms. The number of hydrogen-bond acceptors (Lipinski definition) is 6. The van der Waals surface area contributed by atoms with E-state index in [4.69, 9.17) is 10.5 Å². The molecule has 98 valence electrons. The molecule has 0 aliphatic rings. The van der Waals surface area contributed by atoms with Crippen molar-refractivity contribution >= 4 is 17.1 Å². The Morgan fingerprint density at radius 1 is 1.37 bits per heavy atom. The molecule has 0 aliphatic heterocycles. The molecule has 19 heavy (non-hydrogen) atoms. The lowest BCUT2D eigenvalue weighted by Crippen LogP contribution is -2.05. The van der Waals surface area contributed by atoms with Crippen LogP contribution in [0.4, 0.5) is 5.95 Å². The number of fused-ring (bicyclic) bond motifs is 1. The van der Waals surface area contributed by atoms with Crippen molar-refractivity contribution < 1.29 is 4.74 Å². The number of imidazole rings is 1. The summed E-state index contributed by atoms with van der Waals surface area (Å²) in [5.74, 6) is 0.791. The first-order chi connectivity index (χ1) is 9.19. The Morgan fingerprint density at radius 3 is 2.89 bits per heavy atom. The molecule has 0 fully saturated rings. The van der Waals surface area contributed by atoms with Crippen LogP contribution in [0.1, 0.15) is 5.56 Å². The second kappa shape index (κ2) is 4.23. The summed E-state index contributed by atoms with van der Waals surface area (Å²) in [4.78, 5) is 12.5. The minimum absolute atomic E-state index is 0.373. The SMILES string of the molecule is COc1ncnc2c1nc(N)n2Cc1cnn(C)c1. The first kappa shape index (κ1) is 11.5. The highest BCUT2D eigenvalue weighted by atomic mass is 16.5. The van der Waals surface area contributed by atoms with Crippen molar-refractivity contribution in [3.63, 3.8) is 0 Å². The summed E-state index contributed by atoms with van der Waals surface area (Å²) in [5.41, 5.74) is 8.16. The number of rotatable bonds is 3. The van der Waals surface area contributed by atoms with Crippen LogP contribution in [-0.2, 0) is 13.6 Å². The van der Waals surface area contributed by atoms with Crippen molar-refractivity contribution in [3.05, 3.63) is 24.3 Å². The van der Waals surface area contributed by atoms with Gasteiger partial charge in [-0.3, -0.25) is 9.25 Å². The predicted molar refractivity (Wildman–Crippen MR) is 68.6 cm³/mol. The molecule has 3 aromatic heterocycles. The molecule has 8 heteroatoms. The molecule has 3 heterocycles. The van der Waals surface area contributed by atoms with Crippen molar-refractivity contribution in [2.24, 2.45) is 7.05 Å². The van der Waals surface area contributed by atoms with E-state index in [1.54, 1.807) is 15.4 Å². The standard InChI is InChI=1S/C11H13N7O/c1-17-4-7(3-15-17)5-18-9-8(16-11(18)12)10(19-2)14-6-13-9/h3-4,6H,5H2,1-2H3,(H2,12,16). The zero-order valence-electron chi connectivity index (χ0n) is 10.6. The lowest BCUT2D eigenvalue weighted by molar-refractivity contribution is 0.401. The fraction of sp³-hybridized carbons (Fsp3) is 0.273. The third kappa shape index (κ3) is 1.86. The minimum Gasteiger partial charge on any atom is -0.479 e. The van der Waals surface area contributed by atoms with Gasteiger partial charge < -0.3 is 10.5 Å². The van der Waals surface area contributed by atoms with Gasteiger partial charge in [0, 0.05) is 18.8 Å². The maximum Gasteiger partial charge on any atom is 0.245 e. The Bertz CT molecular complexity index is 730. The van der Waals surface area contributed by atoms with Crippen molar-refractivity contribution in [2.45, 2.75) is 6.54 Å². The largest absolute Gasteiger partial charge is 0.479 e. The Labute approximate surface area is 108 Å². The Morgan fingerprint density at radius 2 is 2.21 bits per heavy atom. The van der Waals surface area contributed by atoms with Gasteiger partial charge in [0.25, 0.3) is 0 Å². The van der Waals surface area contributed by atoms with Crippen LogP contribution in [0.5, 0.6) is 5.88 Å². The van der Waals surface area contributed by atoms with E-state index in [9.17, 15) is 0 Å². The monoisotopic (exact) mass is 259 g/mol. The van der Waals surface area contributed by atoms with Crippen LogP contribution in [-0.4, -0.2) is 36.4 Å². The smallest absolute Gasteiger partial charge is 0.245 e. The number of nitrogens with two attached hydrogens (primary N) is 1. The molecular formula is C11H13N7O. The van der Waals surface area contributed by atoms with Crippen LogP contribution in [0, 0.1) is 0 Å². The van der Waals surface area contributed by atoms with E-state index >= 15 is 0 Å². The number of nitrogen functional groups attached to an aromatic ring is 1. The number of anilines is 1. The van der Waals surface area contributed by atoms with Crippen LogP contribution >= 0.6 is 0 Å². The van der Waals surface area contributed by atoms with E-state index in [0.717, 1.165) is 5.56 Å². The fourth-order valence-corrected chi connectivity index (χ4v) is 1.97. The number of aromatic nitrogens is 6. The summed E-state index contributed by atoms with van der Waals surface area (Å²) >= 11 is 0. The van der Waals surface area contributed by atoms with Gasteiger partial charge in [-0.25, -0.2) is 9.97 Å². The highest BCUT2D eigenvalue weighted by Gasteiger charge is 2.15. The second-order valence-corrected chi connectivity index (χ2v) is 4.13. The molecule has 8 nitrogen and oxygen atoms in total. The van der Waals surface area contributed by atoms with Gasteiger partial charge >= 0.3 is 0 Å². The first-order valence-corrected chi connectivity index (χ1v) is 5.67. The quantitative estimate of drug-likeness (QED) is 0.721. The third-order valence-corrected chi connectivity index (χ3v) is 2.82. The molecule has 0 amide bonds. The van der Waals surface area contributed by atoms with Crippen molar-refractivity contribution in [1.82, 2.24) is 29.3 Å². The molecule has 0 spiro atoms. The molecule has 0 radical (unpaired) electrons. The van der Waals surface area contributed by atoms with E-state index in [2.05, 4.69) is 20.1 Å². The summed E-state index contributed by atoms with van der Waals surface area (Å²) in [6.45, 7) is 0.552. The van der Waals surface area contributed by atoms with Gasteiger partial charge in [-0.2, -0.15) is 10.1 Å². The minimum atomic E-state index is 0.373. The second-order valence-electron chi connectivity index (χ2n) is 4.13. The summed E-state index contributed by atoms with van der Waals surface area (Å²) in [6.07, 6.45) is 5.13. The van der Waals surface area contributed by atoms with Gasteiger partial charge in [0.05, 0.1) is 19.9 Å². The Balaban J connectivity index is 2.10. The lowest BCUT2D eigenvalue weighted by Gasteiger charge is -2.03. The summed E-state index contributed by atoms with van der Waals surface area (Å²) in [6, 6.07) is 0. The molecular weight excluding hydrogens is 246 g/mol. The van der Waals surface area contributed by atoms with Gasteiger partial charge in [-0.15, -0.1) is 0 Å². The number of ether oxygens (including phenoxy) is 1. The first-order valence-electron chi connectivity index (χ1n) is 5.67. The highest BCUT2D eigenvalue weighted by Crippen LogP contribution is 2.23. The van der Waals surface area contributed by atoms with E-state index in [1.807, 2.05) is 13.2 Å². The van der Waals surface area contributed by atoms with E-state index in [1.165, 1.54) is 13.4 Å².